The summed E-state index contributed by atoms with van der Waals surface area (Å²) in [5.74, 6) is -0.816. The zero-order valence-corrected chi connectivity index (χ0v) is 26.5. The second-order valence-electron chi connectivity index (χ2n) is 10.9. The third kappa shape index (κ3) is 7.65. The summed E-state index contributed by atoms with van der Waals surface area (Å²) in [4.78, 5) is 29.1. The lowest BCUT2D eigenvalue weighted by Gasteiger charge is -2.33. The Kier molecular flexibility index (Phi) is 10.6. The van der Waals surface area contributed by atoms with E-state index in [-0.39, 0.29) is 23.4 Å². The SMILES string of the molecule is Cc1ccc(S(=O)(=O)N(CC(=O)N(Cc2ccccc2Cl)C(C)C(=O)NC2CCCCC2)c2ccc(Cl)cc2C)cc1. The van der Waals surface area contributed by atoms with Crippen molar-refractivity contribution in [1.82, 2.24) is 10.2 Å². The van der Waals surface area contributed by atoms with E-state index in [0.29, 0.717) is 26.9 Å². The van der Waals surface area contributed by atoms with Crippen LogP contribution < -0.4 is 9.62 Å². The summed E-state index contributed by atoms with van der Waals surface area (Å²) in [6.07, 6.45) is 5.04. The Morgan fingerprint density at radius 1 is 0.952 bits per heavy atom. The van der Waals surface area contributed by atoms with Gasteiger partial charge in [0, 0.05) is 22.6 Å². The molecule has 1 aliphatic rings. The van der Waals surface area contributed by atoms with Crippen LogP contribution in [0.3, 0.4) is 0 Å². The van der Waals surface area contributed by atoms with Crippen LogP contribution in [0.2, 0.25) is 10.0 Å². The molecule has 0 heterocycles. The number of halogens is 2. The van der Waals surface area contributed by atoms with E-state index >= 15 is 0 Å². The number of carbonyl (C=O) groups excluding carboxylic acids is 2. The summed E-state index contributed by atoms with van der Waals surface area (Å²) in [6, 6.07) is 17.6. The van der Waals surface area contributed by atoms with Crippen molar-refractivity contribution in [3.05, 3.63) is 93.5 Å². The molecule has 10 heteroatoms. The van der Waals surface area contributed by atoms with Crippen molar-refractivity contribution >= 4 is 50.7 Å². The van der Waals surface area contributed by atoms with Gasteiger partial charge >= 0.3 is 0 Å². The lowest BCUT2D eigenvalue weighted by Crippen LogP contribution is -2.53. The highest BCUT2D eigenvalue weighted by Crippen LogP contribution is 2.30. The smallest absolute Gasteiger partial charge is 0.264 e. The normalized spacial score (nSPS) is 14.7. The fourth-order valence-electron chi connectivity index (χ4n) is 5.21. The number of carbonyl (C=O) groups is 2. The van der Waals surface area contributed by atoms with Gasteiger partial charge in [-0.15, -0.1) is 0 Å². The molecule has 0 radical (unpaired) electrons. The first-order valence-corrected chi connectivity index (χ1v) is 16.4. The van der Waals surface area contributed by atoms with Crippen molar-refractivity contribution in [1.29, 1.82) is 0 Å². The highest BCUT2D eigenvalue weighted by molar-refractivity contribution is 7.92. The molecular formula is C32H37Cl2N3O4S. The Balaban J connectivity index is 1.71. The molecule has 0 aromatic heterocycles. The van der Waals surface area contributed by atoms with Gasteiger partial charge in [-0.3, -0.25) is 13.9 Å². The topological polar surface area (TPSA) is 86.8 Å². The number of benzene rings is 3. The predicted octanol–water partition coefficient (Wildman–Crippen LogP) is 6.67. The molecule has 2 amide bonds. The average Bonchev–Trinajstić information content (AvgIpc) is 2.96. The highest BCUT2D eigenvalue weighted by Gasteiger charge is 2.34. The minimum absolute atomic E-state index is 0.0375. The largest absolute Gasteiger partial charge is 0.352 e. The van der Waals surface area contributed by atoms with Crippen LogP contribution in [0.25, 0.3) is 0 Å². The summed E-state index contributed by atoms with van der Waals surface area (Å²) in [5.41, 5.74) is 2.47. The quantitative estimate of drug-likeness (QED) is 0.271. The Morgan fingerprint density at radius 3 is 2.26 bits per heavy atom. The molecule has 0 spiro atoms. The molecule has 42 heavy (non-hydrogen) atoms. The first-order valence-electron chi connectivity index (χ1n) is 14.2. The van der Waals surface area contributed by atoms with Crippen molar-refractivity contribution in [3.63, 3.8) is 0 Å². The van der Waals surface area contributed by atoms with E-state index in [1.807, 2.05) is 13.0 Å². The van der Waals surface area contributed by atoms with Gasteiger partial charge in [-0.2, -0.15) is 0 Å². The number of hydrogen-bond acceptors (Lipinski definition) is 4. The fourth-order valence-corrected chi connectivity index (χ4v) is 7.11. The van der Waals surface area contributed by atoms with Gasteiger partial charge in [-0.1, -0.05) is 78.4 Å². The Labute approximate surface area is 258 Å². The molecule has 3 aromatic carbocycles. The zero-order chi connectivity index (χ0) is 30.4. The first-order chi connectivity index (χ1) is 20.0. The zero-order valence-electron chi connectivity index (χ0n) is 24.1. The molecule has 4 rings (SSSR count). The van der Waals surface area contributed by atoms with Crippen molar-refractivity contribution in [3.8, 4) is 0 Å². The van der Waals surface area contributed by atoms with Crippen LogP contribution >= 0.6 is 23.2 Å². The lowest BCUT2D eigenvalue weighted by atomic mass is 9.95. The van der Waals surface area contributed by atoms with Crippen LogP contribution in [0.5, 0.6) is 0 Å². The van der Waals surface area contributed by atoms with E-state index in [2.05, 4.69) is 5.32 Å². The van der Waals surface area contributed by atoms with Gasteiger partial charge in [0.25, 0.3) is 10.0 Å². The van der Waals surface area contributed by atoms with Crippen molar-refractivity contribution in [2.75, 3.05) is 10.8 Å². The maximum absolute atomic E-state index is 14.2. The van der Waals surface area contributed by atoms with Crippen LogP contribution in [-0.2, 0) is 26.2 Å². The number of hydrogen-bond donors (Lipinski definition) is 1. The Hall–Kier alpha value is -3.07. The Morgan fingerprint density at radius 2 is 1.62 bits per heavy atom. The van der Waals surface area contributed by atoms with Gasteiger partial charge in [0.05, 0.1) is 10.6 Å². The number of amides is 2. The molecule has 224 valence electrons. The van der Waals surface area contributed by atoms with Gasteiger partial charge in [0.2, 0.25) is 11.8 Å². The number of sulfonamides is 1. The van der Waals surface area contributed by atoms with Crippen molar-refractivity contribution < 1.29 is 18.0 Å². The molecule has 1 fully saturated rings. The minimum atomic E-state index is -4.17. The molecule has 1 N–H and O–H groups in total. The number of rotatable bonds is 10. The van der Waals surface area contributed by atoms with E-state index < -0.39 is 28.5 Å². The number of nitrogens with one attached hydrogen (secondary N) is 1. The average molecular weight is 631 g/mol. The highest BCUT2D eigenvalue weighted by atomic mass is 35.5. The number of nitrogens with zero attached hydrogens (tertiary/aromatic N) is 2. The second-order valence-corrected chi connectivity index (χ2v) is 13.6. The predicted molar refractivity (Wildman–Crippen MR) is 168 cm³/mol. The molecule has 1 saturated carbocycles. The fraction of sp³-hybridized carbons (Fsp3) is 0.375. The van der Waals surface area contributed by atoms with Crippen LogP contribution in [0.15, 0.2) is 71.6 Å². The molecule has 0 saturated heterocycles. The second kappa shape index (κ2) is 13.9. The van der Waals surface area contributed by atoms with E-state index in [1.54, 1.807) is 62.4 Å². The summed E-state index contributed by atoms with van der Waals surface area (Å²) >= 11 is 12.6. The summed E-state index contributed by atoms with van der Waals surface area (Å²) in [7, 11) is -4.17. The molecule has 7 nitrogen and oxygen atoms in total. The molecule has 3 aromatic rings. The van der Waals surface area contributed by atoms with Gasteiger partial charge in [0.1, 0.15) is 12.6 Å². The molecule has 1 aliphatic carbocycles. The molecule has 1 unspecified atom stereocenters. The maximum atomic E-state index is 14.2. The van der Waals surface area contributed by atoms with E-state index in [9.17, 15) is 18.0 Å². The van der Waals surface area contributed by atoms with Crippen LogP contribution in [-0.4, -0.2) is 43.8 Å². The Bertz CT molecular complexity index is 1520. The van der Waals surface area contributed by atoms with Gasteiger partial charge in [0.15, 0.2) is 0 Å². The molecule has 0 aliphatic heterocycles. The van der Waals surface area contributed by atoms with E-state index in [4.69, 9.17) is 23.2 Å². The van der Waals surface area contributed by atoms with Crippen LogP contribution in [0, 0.1) is 13.8 Å². The standard InChI is InChI=1S/C32H37Cl2N3O4S/c1-22-13-16-28(17-14-22)42(40,41)37(30-18-15-26(33)19-23(30)2)21-31(38)36(20-25-9-7-8-12-29(25)34)24(3)32(39)35-27-10-5-4-6-11-27/h7-9,12-19,24,27H,4-6,10-11,20-21H2,1-3H3,(H,35,39). The van der Waals surface area contributed by atoms with E-state index in [1.165, 1.54) is 17.0 Å². The first kappa shape index (κ1) is 31.9. The maximum Gasteiger partial charge on any atom is 0.264 e. The molecule has 1 atom stereocenters. The lowest BCUT2D eigenvalue weighted by molar-refractivity contribution is -0.139. The number of aryl methyl sites for hydroxylation is 2. The number of anilines is 1. The van der Waals surface area contributed by atoms with Crippen molar-refractivity contribution in [2.24, 2.45) is 0 Å². The summed E-state index contributed by atoms with van der Waals surface area (Å²) in [6.45, 7) is 4.79. The van der Waals surface area contributed by atoms with E-state index in [0.717, 1.165) is 42.0 Å². The van der Waals surface area contributed by atoms with Gasteiger partial charge in [-0.05, 0) is 81.1 Å². The van der Waals surface area contributed by atoms with Crippen LogP contribution in [0.1, 0.15) is 55.7 Å². The van der Waals surface area contributed by atoms with Gasteiger partial charge < -0.3 is 10.2 Å². The molecular weight excluding hydrogens is 593 g/mol. The third-order valence-corrected chi connectivity index (χ3v) is 10.1. The summed E-state index contributed by atoms with van der Waals surface area (Å²) < 4.78 is 29.2. The van der Waals surface area contributed by atoms with Crippen molar-refractivity contribution in [2.45, 2.75) is 76.4 Å². The summed E-state index contributed by atoms with van der Waals surface area (Å²) in [5, 5.41) is 4.00. The monoisotopic (exact) mass is 629 g/mol. The van der Waals surface area contributed by atoms with Crippen LogP contribution in [0.4, 0.5) is 5.69 Å². The van der Waals surface area contributed by atoms with Gasteiger partial charge in [-0.25, -0.2) is 8.42 Å². The molecule has 0 bridgehead atoms. The minimum Gasteiger partial charge on any atom is -0.352 e. The third-order valence-electron chi connectivity index (χ3n) is 7.73.